The van der Waals surface area contributed by atoms with E-state index in [1.807, 2.05) is 0 Å². The summed E-state index contributed by atoms with van der Waals surface area (Å²) >= 11 is 11.0. The van der Waals surface area contributed by atoms with Gasteiger partial charge in [0.2, 0.25) is 0 Å². The van der Waals surface area contributed by atoms with Crippen LogP contribution in [0.5, 0.6) is 0 Å². The summed E-state index contributed by atoms with van der Waals surface area (Å²) in [4.78, 5) is 0. The molecule has 3 heteroatoms. The van der Waals surface area contributed by atoms with Gasteiger partial charge in [-0.15, -0.1) is 0 Å². The first-order valence-corrected chi connectivity index (χ1v) is 4.16. The molecule has 0 radical (unpaired) electrons. The quantitative estimate of drug-likeness (QED) is 0.733. The maximum absolute atomic E-state index is 9.31. The molecular weight excluding hydrogens is 183 g/mol. The molecule has 1 N–H and O–H groups in total. The van der Waals surface area contributed by atoms with E-state index in [9.17, 15) is 5.11 Å². The summed E-state index contributed by atoms with van der Waals surface area (Å²) in [6.07, 6.45) is 1.77. The SMILES string of the molecule is C/C(Cl)=C/CC(O)/C(C)=C/Cl. The zero-order chi connectivity index (χ0) is 8.85. The molecule has 11 heavy (non-hydrogen) atoms. The summed E-state index contributed by atoms with van der Waals surface area (Å²) in [5.74, 6) is 0. The standard InChI is InChI=1S/C8H12Cl2O/c1-6(5-9)8(11)4-3-7(2)10/h3,5,8,11H,4H2,1-2H3/b6-5+,7-3-. The maximum atomic E-state index is 9.31. The lowest BCUT2D eigenvalue weighted by molar-refractivity contribution is 0.214. The highest BCUT2D eigenvalue weighted by atomic mass is 35.5. The monoisotopic (exact) mass is 194 g/mol. The Bertz CT molecular complexity index is 169. The van der Waals surface area contributed by atoms with Crippen molar-refractivity contribution >= 4 is 23.2 Å². The molecule has 0 spiro atoms. The first kappa shape index (κ1) is 11.0. The van der Waals surface area contributed by atoms with Gasteiger partial charge in [-0.1, -0.05) is 29.3 Å². The van der Waals surface area contributed by atoms with Crippen LogP contribution in [0, 0.1) is 0 Å². The van der Waals surface area contributed by atoms with Gasteiger partial charge in [-0.05, 0) is 25.8 Å². The van der Waals surface area contributed by atoms with Crippen LogP contribution in [0.3, 0.4) is 0 Å². The molecule has 0 aromatic carbocycles. The number of rotatable bonds is 3. The van der Waals surface area contributed by atoms with Gasteiger partial charge in [-0.25, -0.2) is 0 Å². The van der Waals surface area contributed by atoms with Crippen molar-refractivity contribution in [1.29, 1.82) is 0 Å². The molecule has 1 nitrogen and oxygen atoms in total. The van der Waals surface area contributed by atoms with Gasteiger partial charge in [0.1, 0.15) is 0 Å². The lowest BCUT2D eigenvalue weighted by Gasteiger charge is -2.06. The highest BCUT2D eigenvalue weighted by molar-refractivity contribution is 6.29. The number of aliphatic hydroxyl groups is 1. The average molecular weight is 195 g/mol. The van der Waals surface area contributed by atoms with Crippen LogP contribution < -0.4 is 0 Å². The van der Waals surface area contributed by atoms with Gasteiger partial charge in [0, 0.05) is 10.6 Å². The predicted molar refractivity (Wildman–Crippen MR) is 49.8 cm³/mol. The topological polar surface area (TPSA) is 20.2 Å². The number of hydrogen-bond acceptors (Lipinski definition) is 1. The maximum Gasteiger partial charge on any atom is 0.0793 e. The minimum atomic E-state index is -0.513. The number of allylic oxidation sites excluding steroid dienone is 1. The van der Waals surface area contributed by atoms with Crippen LogP contribution in [-0.2, 0) is 0 Å². The van der Waals surface area contributed by atoms with E-state index >= 15 is 0 Å². The molecule has 0 aliphatic rings. The first-order chi connectivity index (χ1) is 5.07. The zero-order valence-corrected chi connectivity index (χ0v) is 8.15. The summed E-state index contributed by atoms with van der Waals surface area (Å²) < 4.78 is 0. The molecular formula is C8H12Cl2O. The Hall–Kier alpha value is 0.0200. The molecule has 0 heterocycles. The number of aliphatic hydroxyl groups excluding tert-OH is 1. The summed E-state index contributed by atoms with van der Waals surface area (Å²) in [7, 11) is 0. The fourth-order valence-corrected chi connectivity index (χ4v) is 0.767. The molecule has 0 aliphatic heterocycles. The molecule has 1 unspecified atom stereocenters. The van der Waals surface area contributed by atoms with Gasteiger partial charge in [0.25, 0.3) is 0 Å². The fraction of sp³-hybridized carbons (Fsp3) is 0.500. The second-order valence-electron chi connectivity index (χ2n) is 2.40. The van der Waals surface area contributed by atoms with Crippen molar-refractivity contribution in [1.82, 2.24) is 0 Å². The van der Waals surface area contributed by atoms with Gasteiger partial charge >= 0.3 is 0 Å². The van der Waals surface area contributed by atoms with Gasteiger partial charge in [-0.3, -0.25) is 0 Å². The van der Waals surface area contributed by atoms with Crippen molar-refractivity contribution in [3.63, 3.8) is 0 Å². The van der Waals surface area contributed by atoms with E-state index in [-0.39, 0.29) is 0 Å². The van der Waals surface area contributed by atoms with E-state index in [0.717, 1.165) is 5.57 Å². The molecule has 0 fully saturated rings. The van der Waals surface area contributed by atoms with Crippen LogP contribution in [0.15, 0.2) is 22.2 Å². The van der Waals surface area contributed by atoms with Crippen LogP contribution in [0.25, 0.3) is 0 Å². The lowest BCUT2D eigenvalue weighted by atomic mass is 10.1. The Morgan fingerprint density at radius 3 is 2.45 bits per heavy atom. The van der Waals surface area contributed by atoms with Gasteiger partial charge < -0.3 is 5.11 Å². The van der Waals surface area contributed by atoms with Crippen molar-refractivity contribution in [2.75, 3.05) is 0 Å². The molecule has 0 rings (SSSR count). The lowest BCUT2D eigenvalue weighted by Crippen LogP contribution is -2.05. The Kier molecular flexibility index (Phi) is 5.65. The molecule has 0 aromatic heterocycles. The number of halogens is 2. The van der Waals surface area contributed by atoms with E-state index in [4.69, 9.17) is 23.2 Å². The fourth-order valence-electron chi connectivity index (χ4n) is 0.533. The van der Waals surface area contributed by atoms with E-state index < -0.39 is 6.10 Å². The average Bonchev–Trinajstić information content (AvgIpc) is 1.98. The second-order valence-corrected chi connectivity index (χ2v) is 3.21. The molecule has 0 aromatic rings. The first-order valence-electron chi connectivity index (χ1n) is 3.35. The molecule has 1 atom stereocenters. The van der Waals surface area contributed by atoms with Crippen LogP contribution in [0.2, 0.25) is 0 Å². The molecule has 64 valence electrons. The Morgan fingerprint density at radius 2 is 2.09 bits per heavy atom. The van der Waals surface area contributed by atoms with Crippen LogP contribution in [0.4, 0.5) is 0 Å². The highest BCUT2D eigenvalue weighted by Crippen LogP contribution is 2.10. The molecule has 0 bridgehead atoms. The van der Waals surface area contributed by atoms with Crippen LogP contribution >= 0.6 is 23.2 Å². The third-order valence-electron chi connectivity index (χ3n) is 1.32. The summed E-state index contributed by atoms with van der Waals surface area (Å²) in [6, 6.07) is 0. The normalized spacial score (nSPS) is 16.8. The van der Waals surface area contributed by atoms with E-state index in [1.54, 1.807) is 19.9 Å². The van der Waals surface area contributed by atoms with Crippen molar-refractivity contribution < 1.29 is 5.11 Å². The smallest absolute Gasteiger partial charge is 0.0793 e. The van der Waals surface area contributed by atoms with Gasteiger partial charge in [0.05, 0.1) is 6.10 Å². The molecule has 0 amide bonds. The minimum Gasteiger partial charge on any atom is -0.388 e. The third-order valence-corrected chi connectivity index (χ3v) is 1.82. The van der Waals surface area contributed by atoms with Gasteiger partial charge in [0.15, 0.2) is 0 Å². The van der Waals surface area contributed by atoms with Gasteiger partial charge in [-0.2, -0.15) is 0 Å². The van der Waals surface area contributed by atoms with Crippen LogP contribution in [0.1, 0.15) is 20.3 Å². The van der Waals surface area contributed by atoms with Crippen molar-refractivity contribution in [2.45, 2.75) is 26.4 Å². The molecule has 0 aliphatic carbocycles. The summed E-state index contributed by atoms with van der Waals surface area (Å²) in [6.45, 7) is 3.54. The largest absolute Gasteiger partial charge is 0.388 e. The van der Waals surface area contributed by atoms with Crippen LogP contribution in [-0.4, -0.2) is 11.2 Å². The third kappa shape index (κ3) is 5.31. The molecule has 0 saturated heterocycles. The minimum absolute atomic E-state index is 0.513. The van der Waals surface area contributed by atoms with Crippen molar-refractivity contribution in [3.05, 3.63) is 22.2 Å². The Labute approximate surface area is 77.3 Å². The zero-order valence-electron chi connectivity index (χ0n) is 6.64. The van der Waals surface area contributed by atoms with E-state index in [1.165, 1.54) is 5.54 Å². The highest BCUT2D eigenvalue weighted by Gasteiger charge is 2.02. The summed E-state index contributed by atoms with van der Waals surface area (Å²) in [5, 5.41) is 10.00. The van der Waals surface area contributed by atoms with E-state index in [0.29, 0.717) is 11.5 Å². The number of hydrogen-bond donors (Lipinski definition) is 1. The second kappa shape index (κ2) is 5.64. The van der Waals surface area contributed by atoms with E-state index in [2.05, 4.69) is 0 Å². The Balaban J connectivity index is 3.88. The van der Waals surface area contributed by atoms with Crippen molar-refractivity contribution in [2.24, 2.45) is 0 Å². The summed E-state index contributed by atoms with van der Waals surface area (Å²) in [5.41, 5.74) is 2.13. The Morgan fingerprint density at radius 1 is 1.55 bits per heavy atom. The predicted octanol–water partition coefficient (Wildman–Crippen LogP) is 3.02. The van der Waals surface area contributed by atoms with Crippen molar-refractivity contribution in [3.8, 4) is 0 Å². The molecule has 0 saturated carbocycles.